The molecule has 1 aromatic heterocycles. The summed E-state index contributed by atoms with van der Waals surface area (Å²) in [4.78, 5) is 4.52. The molecule has 0 saturated carbocycles. The van der Waals surface area contributed by atoms with Gasteiger partial charge >= 0.3 is 0 Å². The lowest BCUT2D eigenvalue weighted by molar-refractivity contribution is 0.273. The average Bonchev–Trinajstić information content (AvgIpc) is 3.13. The van der Waals surface area contributed by atoms with Gasteiger partial charge in [0.15, 0.2) is 0 Å². The van der Waals surface area contributed by atoms with Crippen molar-refractivity contribution in [3.05, 3.63) is 41.5 Å². The van der Waals surface area contributed by atoms with Gasteiger partial charge < -0.3 is 15.8 Å². The Labute approximate surface area is 143 Å². The summed E-state index contributed by atoms with van der Waals surface area (Å²) in [7, 11) is 0. The minimum atomic E-state index is 0.500. The van der Waals surface area contributed by atoms with Crippen molar-refractivity contribution < 1.29 is 4.74 Å². The lowest BCUT2D eigenvalue weighted by Gasteiger charge is -2.23. The third-order valence-electron chi connectivity index (χ3n) is 5.14. The second-order valence-electron chi connectivity index (χ2n) is 6.83. The Kier molecular flexibility index (Phi) is 4.39. The van der Waals surface area contributed by atoms with Gasteiger partial charge in [-0.3, -0.25) is 0 Å². The summed E-state index contributed by atoms with van der Waals surface area (Å²) in [5, 5.41) is 3.50. The van der Waals surface area contributed by atoms with E-state index < -0.39 is 0 Å². The standard InChI is InChI=1S/C20H25N3O/c21-20-9-3-8-18(23-20)16-10-11-19(17-7-2-1-6-15(16)17)24-13-14-5-4-12-22-14/h3,8-11,14,22H,1-2,4-7,12-13H2,(H2,21,23). The molecule has 1 unspecified atom stereocenters. The van der Waals surface area contributed by atoms with Gasteiger partial charge in [0, 0.05) is 11.6 Å². The number of ether oxygens (including phenoxy) is 1. The predicted octanol–water partition coefficient (Wildman–Crippen LogP) is 3.34. The zero-order valence-corrected chi connectivity index (χ0v) is 14.1. The van der Waals surface area contributed by atoms with Crippen LogP contribution in [0.25, 0.3) is 11.3 Å². The Balaban J connectivity index is 1.65. The van der Waals surface area contributed by atoms with Crippen LogP contribution < -0.4 is 15.8 Å². The van der Waals surface area contributed by atoms with E-state index >= 15 is 0 Å². The third-order valence-corrected chi connectivity index (χ3v) is 5.14. The second kappa shape index (κ2) is 6.81. The first-order valence-electron chi connectivity index (χ1n) is 9.05. The molecule has 4 rings (SSSR count). The van der Waals surface area contributed by atoms with Crippen LogP contribution in [-0.4, -0.2) is 24.2 Å². The fraction of sp³-hybridized carbons (Fsp3) is 0.450. The molecule has 4 heteroatoms. The minimum absolute atomic E-state index is 0.500. The van der Waals surface area contributed by atoms with Crippen molar-refractivity contribution in [2.75, 3.05) is 18.9 Å². The normalized spacial score (nSPS) is 19.9. The maximum absolute atomic E-state index is 6.20. The molecule has 2 aliphatic rings. The van der Waals surface area contributed by atoms with Crippen LogP contribution in [0.3, 0.4) is 0 Å². The van der Waals surface area contributed by atoms with Crippen LogP contribution >= 0.6 is 0 Å². The third kappa shape index (κ3) is 3.11. The molecule has 1 aliphatic heterocycles. The number of hydrogen-bond acceptors (Lipinski definition) is 4. The first kappa shape index (κ1) is 15.5. The molecule has 0 radical (unpaired) electrons. The van der Waals surface area contributed by atoms with Crippen molar-refractivity contribution in [1.82, 2.24) is 10.3 Å². The highest BCUT2D eigenvalue weighted by atomic mass is 16.5. The van der Waals surface area contributed by atoms with Crippen molar-refractivity contribution in [3.63, 3.8) is 0 Å². The summed E-state index contributed by atoms with van der Waals surface area (Å²) >= 11 is 0. The van der Waals surface area contributed by atoms with E-state index in [-0.39, 0.29) is 0 Å². The largest absolute Gasteiger partial charge is 0.492 e. The number of fused-ring (bicyclic) bond motifs is 1. The lowest BCUT2D eigenvalue weighted by Crippen LogP contribution is -2.28. The molecule has 2 heterocycles. The van der Waals surface area contributed by atoms with Crippen molar-refractivity contribution in [2.45, 2.75) is 44.6 Å². The van der Waals surface area contributed by atoms with Gasteiger partial charge in [0.1, 0.15) is 18.2 Å². The van der Waals surface area contributed by atoms with Crippen LogP contribution in [0.15, 0.2) is 30.3 Å². The molecule has 3 N–H and O–H groups in total. The van der Waals surface area contributed by atoms with Crippen LogP contribution in [0.4, 0.5) is 5.82 Å². The molecular formula is C20H25N3O. The molecule has 1 aliphatic carbocycles. The maximum atomic E-state index is 6.20. The van der Waals surface area contributed by atoms with Crippen LogP contribution in [0.2, 0.25) is 0 Å². The number of nitrogens with zero attached hydrogens (tertiary/aromatic N) is 1. The Morgan fingerprint density at radius 2 is 1.96 bits per heavy atom. The lowest BCUT2D eigenvalue weighted by atomic mass is 9.86. The van der Waals surface area contributed by atoms with Gasteiger partial charge in [-0.15, -0.1) is 0 Å². The van der Waals surface area contributed by atoms with E-state index in [1.807, 2.05) is 18.2 Å². The number of anilines is 1. The fourth-order valence-corrected chi connectivity index (χ4v) is 3.90. The van der Waals surface area contributed by atoms with Crippen molar-refractivity contribution >= 4 is 5.82 Å². The average molecular weight is 323 g/mol. The molecule has 4 nitrogen and oxygen atoms in total. The van der Waals surface area contributed by atoms with E-state index in [9.17, 15) is 0 Å². The van der Waals surface area contributed by atoms with Gasteiger partial charge in [0.2, 0.25) is 0 Å². The zero-order chi connectivity index (χ0) is 16.4. The molecule has 1 aromatic carbocycles. The van der Waals surface area contributed by atoms with Crippen molar-refractivity contribution in [1.29, 1.82) is 0 Å². The van der Waals surface area contributed by atoms with Crippen LogP contribution in [0.1, 0.15) is 36.8 Å². The smallest absolute Gasteiger partial charge is 0.124 e. The van der Waals surface area contributed by atoms with Crippen molar-refractivity contribution in [2.24, 2.45) is 0 Å². The molecular weight excluding hydrogens is 298 g/mol. The second-order valence-corrected chi connectivity index (χ2v) is 6.83. The Morgan fingerprint density at radius 3 is 2.75 bits per heavy atom. The SMILES string of the molecule is Nc1cccc(-c2ccc(OCC3CCCN3)c3c2CCCC3)n1. The van der Waals surface area contributed by atoms with E-state index in [4.69, 9.17) is 10.5 Å². The number of benzene rings is 1. The quantitative estimate of drug-likeness (QED) is 0.906. The van der Waals surface area contributed by atoms with E-state index in [1.165, 1.54) is 42.4 Å². The number of nitrogens with one attached hydrogen (secondary N) is 1. The predicted molar refractivity (Wildman–Crippen MR) is 97.2 cm³/mol. The van der Waals surface area contributed by atoms with Gasteiger partial charge in [-0.1, -0.05) is 6.07 Å². The highest BCUT2D eigenvalue weighted by Gasteiger charge is 2.21. The van der Waals surface area contributed by atoms with Crippen molar-refractivity contribution in [3.8, 4) is 17.0 Å². The van der Waals surface area contributed by atoms with Gasteiger partial charge in [0.25, 0.3) is 0 Å². The number of rotatable bonds is 4. The molecule has 1 saturated heterocycles. The molecule has 0 bridgehead atoms. The Hall–Kier alpha value is -2.07. The monoisotopic (exact) mass is 323 g/mol. The van der Waals surface area contributed by atoms with E-state index in [1.54, 1.807) is 0 Å². The van der Waals surface area contributed by atoms with Gasteiger partial charge in [-0.2, -0.15) is 0 Å². The fourth-order valence-electron chi connectivity index (χ4n) is 3.90. The summed E-state index contributed by atoms with van der Waals surface area (Å²) in [6, 6.07) is 10.6. The molecule has 2 aromatic rings. The summed E-state index contributed by atoms with van der Waals surface area (Å²) in [6.45, 7) is 1.88. The first-order valence-corrected chi connectivity index (χ1v) is 9.05. The Bertz CT molecular complexity index is 723. The van der Waals surface area contributed by atoms with Crippen LogP contribution in [0.5, 0.6) is 5.75 Å². The van der Waals surface area contributed by atoms with E-state index in [0.717, 1.165) is 37.4 Å². The highest BCUT2D eigenvalue weighted by Crippen LogP contribution is 2.36. The van der Waals surface area contributed by atoms with Crippen LogP contribution in [-0.2, 0) is 12.8 Å². The van der Waals surface area contributed by atoms with Gasteiger partial charge in [0.05, 0.1) is 5.69 Å². The van der Waals surface area contributed by atoms with E-state index in [2.05, 4.69) is 22.4 Å². The minimum Gasteiger partial charge on any atom is -0.492 e. The number of pyridine rings is 1. The summed E-state index contributed by atoms with van der Waals surface area (Å²) in [5.74, 6) is 1.63. The van der Waals surface area contributed by atoms with Crippen LogP contribution in [0, 0.1) is 0 Å². The molecule has 0 spiro atoms. The Morgan fingerprint density at radius 1 is 1.08 bits per heavy atom. The number of nitrogens with two attached hydrogens (primary N) is 1. The maximum Gasteiger partial charge on any atom is 0.124 e. The molecule has 24 heavy (non-hydrogen) atoms. The zero-order valence-electron chi connectivity index (χ0n) is 14.1. The number of nitrogen functional groups attached to an aromatic ring is 1. The van der Waals surface area contributed by atoms with Gasteiger partial charge in [-0.05, 0) is 80.5 Å². The molecule has 1 atom stereocenters. The molecule has 126 valence electrons. The van der Waals surface area contributed by atoms with Gasteiger partial charge in [-0.25, -0.2) is 4.98 Å². The molecule has 0 amide bonds. The first-order chi connectivity index (χ1) is 11.8. The summed E-state index contributed by atoms with van der Waals surface area (Å²) < 4.78 is 6.20. The highest BCUT2D eigenvalue weighted by molar-refractivity contribution is 5.69. The summed E-state index contributed by atoms with van der Waals surface area (Å²) in [5.41, 5.74) is 10.8. The van der Waals surface area contributed by atoms with E-state index in [0.29, 0.717) is 11.9 Å². The summed E-state index contributed by atoms with van der Waals surface area (Å²) in [6.07, 6.45) is 7.13. The number of aromatic nitrogens is 1. The topological polar surface area (TPSA) is 60.2 Å². The molecule has 1 fully saturated rings. The number of hydrogen-bond donors (Lipinski definition) is 2.